The average molecular weight is 329 g/mol. The zero-order chi connectivity index (χ0) is 16.0. The first-order valence-electron chi connectivity index (χ1n) is 7.74. The lowest BCUT2D eigenvalue weighted by Crippen LogP contribution is -2.27. The first-order chi connectivity index (χ1) is 10.4. The van der Waals surface area contributed by atoms with Gasteiger partial charge in [-0.3, -0.25) is 0 Å². The van der Waals surface area contributed by atoms with Crippen LogP contribution in [0, 0.1) is 11.7 Å². The topological polar surface area (TPSA) is 55.4 Å². The van der Waals surface area contributed by atoms with Gasteiger partial charge in [-0.05, 0) is 50.8 Å². The number of halogens is 1. The molecule has 0 saturated carbocycles. The second-order valence-corrected chi connectivity index (χ2v) is 8.15. The lowest BCUT2D eigenvalue weighted by Gasteiger charge is -2.22. The van der Waals surface area contributed by atoms with E-state index in [1.165, 1.54) is 25.0 Å². The van der Waals surface area contributed by atoms with Gasteiger partial charge < -0.3 is 10.1 Å². The molecule has 0 radical (unpaired) electrons. The number of benzene rings is 1. The molecule has 1 aliphatic heterocycles. The fourth-order valence-electron chi connectivity index (χ4n) is 2.75. The molecule has 0 bridgehead atoms. The molecule has 1 aliphatic rings. The van der Waals surface area contributed by atoms with Gasteiger partial charge in [0.15, 0.2) is 9.84 Å². The smallest absolute Gasteiger partial charge is 0.151 e. The summed E-state index contributed by atoms with van der Waals surface area (Å²) in [5, 5.41) is 3.34. The fourth-order valence-corrected chi connectivity index (χ4v) is 3.55. The molecule has 124 valence electrons. The summed E-state index contributed by atoms with van der Waals surface area (Å²) in [5.41, 5.74) is 0.185. The fraction of sp³-hybridized carbons (Fsp3) is 0.625. The van der Waals surface area contributed by atoms with E-state index in [2.05, 4.69) is 5.32 Å². The Labute approximate surface area is 132 Å². The summed E-state index contributed by atoms with van der Waals surface area (Å²) in [6.45, 7) is 2.76. The Morgan fingerprint density at radius 2 is 2.05 bits per heavy atom. The van der Waals surface area contributed by atoms with Crippen LogP contribution < -0.4 is 10.1 Å². The number of hydrogen-bond acceptors (Lipinski definition) is 4. The largest absolute Gasteiger partial charge is 0.493 e. The molecule has 1 aromatic carbocycles. The van der Waals surface area contributed by atoms with Crippen molar-refractivity contribution in [1.29, 1.82) is 0 Å². The van der Waals surface area contributed by atoms with Crippen LogP contribution in [0.2, 0.25) is 0 Å². The van der Waals surface area contributed by atoms with Gasteiger partial charge in [-0.25, -0.2) is 12.8 Å². The van der Waals surface area contributed by atoms with E-state index >= 15 is 0 Å². The molecule has 0 aliphatic carbocycles. The SMILES string of the molecule is CS(=O)(=O)Cc1ccc(OCCCC2CCNCC2)cc1F. The first kappa shape index (κ1) is 17.2. The molecule has 0 atom stereocenters. The normalized spacial score (nSPS) is 16.6. The second kappa shape index (κ2) is 7.92. The van der Waals surface area contributed by atoms with Crippen LogP contribution >= 0.6 is 0 Å². The molecule has 1 saturated heterocycles. The number of piperidine rings is 1. The zero-order valence-corrected chi connectivity index (χ0v) is 13.8. The molecule has 0 unspecified atom stereocenters. The highest BCUT2D eigenvalue weighted by Crippen LogP contribution is 2.20. The van der Waals surface area contributed by atoms with Crippen molar-refractivity contribution in [3.8, 4) is 5.75 Å². The Balaban J connectivity index is 1.77. The molecule has 0 aromatic heterocycles. The lowest BCUT2D eigenvalue weighted by atomic mass is 9.93. The van der Waals surface area contributed by atoms with E-state index in [4.69, 9.17) is 4.74 Å². The summed E-state index contributed by atoms with van der Waals surface area (Å²) in [5.74, 6) is 0.412. The summed E-state index contributed by atoms with van der Waals surface area (Å²) in [6.07, 6.45) is 5.62. The van der Waals surface area contributed by atoms with Crippen molar-refractivity contribution in [2.45, 2.75) is 31.4 Å². The third kappa shape index (κ3) is 5.93. The van der Waals surface area contributed by atoms with E-state index < -0.39 is 15.7 Å². The zero-order valence-electron chi connectivity index (χ0n) is 13.0. The molecule has 6 heteroatoms. The van der Waals surface area contributed by atoms with Crippen molar-refractivity contribution in [2.75, 3.05) is 26.0 Å². The monoisotopic (exact) mass is 329 g/mol. The van der Waals surface area contributed by atoms with Crippen LogP contribution in [-0.2, 0) is 15.6 Å². The Bertz CT molecular complexity index is 583. The van der Waals surface area contributed by atoms with Crippen molar-refractivity contribution in [1.82, 2.24) is 5.32 Å². The maximum Gasteiger partial charge on any atom is 0.151 e. The minimum atomic E-state index is -3.23. The summed E-state index contributed by atoms with van der Waals surface area (Å²) in [6, 6.07) is 4.39. The molecule has 0 spiro atoms. The van der Waals surface area contributed by atoms with Gasteiger partial charge in [-0.2, -0.15) is 0 Å². The van der Waals surface area contributed by atoms with Crippen molar-refractivity contribution < 1.29 is 17.5 Å². The molecule has 0 amide bonds. The average Bonchev–Trinajstić information content (AvgIpc) is 2.46. The molecule has 1 aromatic rings. The third-order valence-electron chi connectivity index (χ3n) is 3.93. The number of rotatable bonds is 7. The van der Waals surface area contributed by atoms with E-state index in [1.807, 2.05) is 0 Å². The molecule has 22 heavy (non-hydrogen) atoms. The molecule has 1 fully saturated rings. The lowest BCUT2D eigenvalue weighted by molar-refractivity contribution is 0.273. The Morgan fingerprint density at radius 3 is 2.68 bits per heavy atom. The van der Waals surface area contributed by atoms with Gasteiger partial charge in [-0.1, -0.05) is 6.07 Å². The van der Waals surface area contributed by atoms with Gasteiger partial charge in [0, 0.05) is 17.9 Å². The van der Waals surface area contributed by atoms with E-state index in [-0.39, 0.29) is 11.3 Å². The predicted octanol–water partition coefficient (Wildman–Crippen LogP) is 2.53. The van der Waals surface area contributed by atoms with Crippen molar-refractivity contribution in [3.05, 3.63) is 29.6 Å². The minimum absolute atomic E-state index is 0.185. The van der Waals surface area contributed by atoms with Gasteiger partial charge in [0.2, 0.25) is 0 Å². The van der Waals surface area contributed by atoms with E-state index in [1.54, 1.807) is 6.07 Å². The van der Waals surface area contributed by atoms with Crippen LogP contribution in [0.3, 0.4) is 0 Å². The van der Waals surface area contributed by atoms with Gasteiger partial charge in [0.25, 0.3) is 0 Å². The van der Waals surface area contributed by atoms with Crippen LogP contribution in [0.15, 0.2) is 18.2 Å². The maximum atomic E-state index is 13.8. The van der Waals surface area contributed by atoms with Gasteiger partial charge in [-0.15, -0.1) is 0 Å². The molecular formula is C16H24FNO3S. The van der Waals surface area contributed by atoms with Crippen LogP contribution in [0.4, 0.5) is 4.39 Å². The Kier molecular flexibility index (Phi) is 6.20. The third-order valence-corrected chi connectivity index (χ3v) is 4.76. The van der Waals surface area contributed by atoms with Gasteiger partial charge in [0.1, 0.15) is 11.6 Å². The molecule has 4 nitrogen and oxygen atoms in total. The first-order valence-corrected chi connectivity index (χ1v) is 9.80. The van der Waals surface area contributed by atoms with Crippen molar-refractivity contribution in [3.63, 3.8) is 0 Å². The van der Waals surface area contributed by atoms with E-state index in [0.717, 1.165) is 38.1 Å². The highest BCUT2D eigenvalue weighted by molar-refractivity contribution is 7.89. The van der Waals surface area contributed by atoms with Crippen LogP contribution in [0.5, 0.6) is 5.75 Å². The molecule has 2 rings (SSSR count). The summed E-state index contributed by atoms with van der Waals surface area (Å²) in [7, 11) is -3.23. The number of nitrogens with one attached hydrogen (secondary N) is 1. The Morgan fingerprint density at radius 1 is 1.32 bits per heavy atom. The highest BCUT2D eigenvalue weighted by atomic mass is 32.2. The summed E-state index contributed by atoms with van der Waals surface area (Å²) in [4.78, 5) is 0. The maximum absolute atomic E-state index is 13.8. The highest BCUT2D eigenvalue weighted by Gasteiger charge is 2.13. The van der Waals surface area contributed by atoms with E-state index in [0.29, 0.717) is 12.4 Å². The molecular weight excluding hydrogens is 305 g/mol. The number of ether oxygens (including phenoxy) is 1. The van der Waals surface area contributed by atoms with Gasteiger partial charge >= 0.3 is 0 Å². The van der Waals surface area contributed by atoms with Crippen LogP contribution in [0.1, 0.15) is 31.2 Å². The van der Waals surface area contributed by atoms with Gasteiger partial charge in [0.05, 0.1) is 12.4 Å². The number of sulfone groups is 1. The van der Waals surface area contributed by atoms with E-state index in [9.17, 15) is 12.8 Å². The molecule has 1 N–H and O–H groups in total. The standard InChI is InChI=1S/C16H24FNO3S/c1-22(19,20)12-14-4-5-15(11-16(14)17)21-10-2-3-13-6-8-18-9-7-13/h4-5,11,13,18H,2-3,6-10,12H2,1H3. The second-order valence-electron chi connectivity index (χ2n) is 6.01. The number of hydrogen-bond donors (Lipinski definition) is 1. The minimum Gasteiger partial charge on any atom is -0.493 e. The molecule has 1 heterocycles. The van der Waals surface area contributed by atoms with Crippen LogP contribution in [0.25, 0.3) is 0 Å². The quantitative estimate of drug-likeness (QED) is 0.781. The Hall–Kier alpha value is -1.14. The predicted molar refractivity (Wildman–Crippen MR) is 85.3 cm³/mol. The van der Waals surface area contributed by atoms with Crippen LogP contribution in [-0.4, -0.2) is 34.4 Å². The summed E-state index contributed by atoms with van der Waals surface area (Å²) >= 11 is 0. The van der Waals surface area contributed by atoms with Crippen molar-refractivity contribution >= 4 is 9.84 Å². The summed E-state index contributed by atoms with van der Waals surface area (Å²) < 4.78 is 41.8. The van der Waals surface area contributed by atoms with Crippen molar-refractivity contribution in [2.24, 2.45) is 5.92 Å².